The van der Waals surface area contributed by atoms with Gasteiger partial charge in [0.15, 0.2) is 0 Å². The van der Waals surface area contributed by atoms with E-state index in [1.165, 1.54) is 0 Å². The van der Waals surface area contributed by atoms with Gasteiger partial charge in [-0.3, -0.25) is 14.8 Å². The van der Waals surface area contributed by atoms with Crippen molar-refractivity contribution < 1.29 is 4.79 Å². The minimum atomic E-state index is -0.340. The fourth-order valence-corrected chi connectivity index (χ4v) is 3.24. The van der Waals surface area contributed by atoms with E-state index in [0.717, 1.165) is 33.4 Å². The zero-order valence-electron chi connectivity index (χ0n) is 15.6. The van der Waals surface area contributed by atoms with Crippen LogP contribution in [0, 0.1) is 13.8 Å². The maximum Gasteiger partial charge on any atom is 0.289 e. The van der Waals surface area contributed by atoms with Gasteiger partial charge in [-0.2, -0.15) is 5.10 Å². The van der Waals surface area contributed by atoms with Crippen LogP contribution in [0.4, 0.5) is 0 Å². The van der Waals surface area contributed by atoms with Gasteiger partial charge in [-0.05, 0) is 55.6 Å². The number of amides is 1. The number of fused-ring (bicyclic) bond motifs is 1. The van der Waals surface area contributed by atoms with Gasteiger partial charge in [0, 0.05) is 46.6 Å². The summed E-state index contributed by atoms with van der Waals surface area (Å²) in [5, 5.41) is 6.33. The maximum absolute atomic E-state index is 12.0. The SMILES string of the molecule is Cc1cc(/C=N\NC(=O)c2ccccn2)c(C)n1-c1ccc2ccncc2c1. The topological polar surface area (TPSA) is 72.2 Å². The molecule has 0 bridgehead atoms. The molecule has 0 aliphatic rings. The summed E-state index contributed by atoms with van der Waals surface area (Å²) in [5.41, 5.74) is 6.96. The van der Waals surface area contributed by atoms with Crippen LogP contribution in [-0.2, 0) is 0 Å². The van der Waals surface area contributed by atoms with E-state index < -0.39 is 0 Å². The van der Waals surface area contributed by atoms with Crippen molar-refractivity contribution in [2.24, 2.45) is 5.10 Å². The Kier molecular flexibility index (Phi) is 4.68. The van der Waals surface area contributed by atoms with E-state index in [9.17, 15) is 4.79 Å². The number of carbonyl (C=O) groups is 1. The van der Waals surface area contributed by atoms with Gasteiger partial charge in [0.1, 0.15) is 5.69 Å². The number of hydrogen-bond acceptors (Lipinski definition) is 4. The van der Waals surface area contributed by atoms with Crippen LogP contribution in [0.3, 0.4) is 0 Å². The summed E-state index contributed by atoms with van der Waals surface area (Å²) in [6, 6.07) is 15.5. The molecule has 0 radical (unpaired) electrons. The third kappa shape index (κ3) is 3.40. The van der Waals surface area contributed by atoms with Crippen molar-refractivity contribution in [1.82, 2.24) is 20.0 Å². The molecule has 138 valence electrons. The van der Waals surface area contributed by atoms with Crippen molar-refractivity contribution in [3.63, 3.8) is 0 Å². The lowest BCUT2D eigenvalue weighted by molar-refractivity contribution is 0.0950. The highest BCUT2D eigenvalue weighted by Crippen LogP contribution is 2.23. The van der Waals surface area contributed by atoms with Crippen LogP contribution in [-0.4, -0.2) is 26.7 Å². The number of carbonyl (C=O) groups excluding carboxylic acids is 1. The van der Waals surface area contributed by atoms with E-state index in [2.05, 4.69) is 43.3 Å². The number of rotatable bonds is 4. The van der Waals surface area contributed by atoms with Crippen LogP contribution < -0.4 is 5.43 Å². The van der Waals surface area contributed by atoms with E-state index in [0.29, 0.717) is 5.69 Å². The van der Waals surface area contributed by atoms with E-state index in [-0.39, 0.29) is 5.91 Å². The van der Waals surface area contributed by atoms with Crippen molar-refractivity contribution in [3.8, 4) is 5.69 Å². The lowest BCUT2D eigenvalue weighted by atomic mass is 10.1. The largest absolute Gasteiger partial charge is 0.318 e. The van der Waals surface area contributed by atoms with Gasteiger partial charge in [-0.1, -0.05) is 12.1 Å². The second-order valence-electron chi connectivity index (χ2n) is 6.48. The maximum atomic E-state index is 12.0. The molecule has 1 amide bonds. The molecule has 0 saturated carbocycles. The first-order chi connectivity index (χ1) is 13.6. The number of hydrazone groups is 1. The molecule has 0 aliphatic heterocycles. The van der Waals surface area contributed by atoms with Crippen LogP contribution in [0.1, 0.15) is 27.4 Å². The predicted octanol–water partition coefficient (Wildman–Crippen LogP) is 3.80. The highest BCUT2D eigenvalue weighted by Gasteiger charge is 2.10. The highest BCUT2D eigenvalue weighted by molar-refractivity contribution is 5.93. The monoisotopic (exact) mass is 369 g/mol. The smallest absolute Gasteiger partial charge is 0.289 e. The Morgan fingerprint density at radius 1 is 1.07 bits per heavy atom. The molecule has 3 heterocycles. The van der Waals surface area contributed by atoms with Gasteiger partial charge >= 0.3 is 0 Å². The summed E-state index contributed by atoms with van der Waals surface area (Å²) >= 11 is 0. The average Bonchev–Trinajstić information content (AvgIpc) is 3.01. The quantitative estimate of drug-likeness (QED) is 0.439. The molecular formula is C22H19N5O. The van der Waals surface area contributed by atoms with Crippen molar-refractivity contribution in [3.05, 3.63) is 89.8 Å². The molecule has 6 nitrogen and oxygen atoms in total. The normalized spacial score (nSPS) is 11.2. The minimum Gasteiger partial charge on any atom is -0.318 e. The summed E-state index contributed by atoms with van der Waals surface area (Å²) in [6.45, 7) is 4.08. The van der Waals surface area contributed by atoms with Gasteiger partial charge in [-0.25, -0.2) is 5.43 Å². The Morgan fingerprint density at radius 3 is 2.79 bits per heavy atom. The highest BCUT2D eigenvalue weighted by atomic mass is 16.2. The first-order valence-corrected chi connectivity index (χ1v) is 8.91. The molecule has 1 aromatic carbocycles. The third-order valence-electron chi connectivity index (χ3n) is 4.62. The molecule has 0 unspecified atom stereocenters. The van der Waals surface area contributed by atoms with E-state index in [4.69, 9.17) is 0 Å². The molecule has 0 fully saturated rings. The Morgan fingerprint density at radius 2 is 1.96 bits per heavy atom. The molecule has 0 saturated heterocycles. The summed E-state index contributed by atoms with van der Waals surface area (Å²) in [6.07, 6.45) is 6.89. The molecule has 6 heteroatoms. The fourth-order valence-electron chi connectivity index (χ4n) is 3.24. The molecule has 3 aromatic heterocycles. The standard InChI is InChI=1S/C22H19N5O/c1-15-11-18(14-25-26-22(28)21-5-3-4-9-24-21)16(2)27(15)20-7-6-17-8-10-23-13-19(17)12-20/h3-14H,1-2H3,(H,26,28)/b25-14-. The van der Waals surface area contributed by atoms with Crippen molar-refractivity contribution in [2.45, 2.75) is 13.8 Å². The zero-order chi connectivity index (χ0) is 19.5. The molecule has 28 heavy (non-hydrogen) atoms. The third-order valence-corrected chi connectivity index (χ3v) is 4.62. The zero-order valence-corrected chi connectivity index (χ0v) is 15.6. The predicted molar refractivity (Wildman–Crippen MR) is 110 cm³/mol. The summed E-state index contributed by atoms with van der Waals surface area (Å²) in [4.78, 5) is 20.3. The number of aromatic nitrogens is 3. The van der Waals surface area contributed by atoms with Gasteiger partial charge < -0.3 is 4.57 Å². The summed E-state index contributed by atoms with van der Waals surface area (Å²) in [7, 11) is 0. The number of nitrogens with one attached hydrogen (secondary N) is 1. The molecule has 4 rings (SSSR count). The first kappa shape index (κ1) is 17.6. The summed E-state index contributed by atoms with van der Waals surface area (Å²) in [5.74, 6) is -0.340. The Balaban J connectivity index is 1.59. The Labute approximate surface area is 162 Å². The number of benzene rings is 1. The van der Waals surface area contributed by atoms with Crippen LogP contribution in [0.5, 0.6) is 0 Å². The van der Waals surface area contributed by atoms with Crippen molar-refractivity contribution in [1.29, 1.82) is 0 Å². The number of nitrogens with zero attached hydrogens (tertiary/aromatic N) is 4. The van der Waals surface area contributed by atoms with Crippen molar-refractivity contribution >= 4 is 22.9 Å². The van der Waals surface area contributed by atoms with Crippen molar-refractivity contribution in [2.75, 3.05) is 0 Å². The lowest BCUT2D eigenvalue weighted by Crippen LogP contribution is -2.18. The lowest BCUT2D eigenvalue weighted by Gasteiger charge is -2.10. The van der Waals surface area contributed by atoms with Gasteiger partial charge in [0.2, 0.25) is 0 Å². The van der Waals surface area contributed by atoms with Crippen LogP contribution >= 0.6 is 0 Å². The molecule has 1 N–H and O–H groups in total. The first-order valence-electron chi connectivity index (χ1n) is 8.91. The second-order valence-corrected chi connectivity index (χ2v) is 6.48. The van der Waals surface area contributed by atoms with E-state index >= 15 is 0 Å². The van der Waals surface area contributed by atoms with Crippen LogP contribution in [0.25, 0.3) is 16.5 Å². The second kappa shape index (κ2) is 7.44. The average molecular weight is 369 g/mol. The van der Waals surface area contributed by atoms with Gasteiger partial charge in [0.05, 0.1) is 6.21 Å². The Hall–Kier alpha value is -3.80. The van der Waals surface area contributed by atoms with Gasteiger partial charge in [-0.15, -0.1) is 0 Å². The molecule has 0 spiro atoms. The van der Waals surface area contributed by atoms with E-state index in [1.807, 2.05) is 32.2 Å². The van der Waals surface area contributed by atoms with Gasteiger partial charge in [0.25, 0.3) is 5.91 Å². The number of aryl methyl sites for hydroxylation is 1. The minimum absolute atomic E-state index is 0.329. The number of hydrogen-bond donors (Lipinski definition) is 1. The molecular weight excluding hydrogens is 350 g/mol. The van der Waals surface area contributed by atoms with E-state index in [1.54, 1.807) is 36.8 Å². The molecule has 0 aliphatic carbocycles. The summed E-state index contributed by atoms with van der Waals surface area (Å²) < 4.78 is 2.16. The molecule has 4 aromatic rings. The fraction of sp³-hybridized carbons (Fsp3) is 0.0909. The number of pyridine rings is 2. The molecule has 0 atom stereocenters. The van der Waals surface area contributed by atoms with Crippen LogP contribution in [0.15, 0.2) is 72.2 Å². The van der Waals surface area contributed by atoms with Crippen LogP contribution in [0.2, 0.25) is 0 Å². The Bertz CT molecular complexity index is 1180.